The van der Waals surface area contributed by atoms with Crippen LogP contribution in [0.25, 0.3) is 10.2 Å². The molecule has 0 aliphatic heterocycles. The van der Waals surface area contributed by atoms with Gasteiger partial charge in [0.1, 0.15) is 0 Å². The quantitative estimate of drug-likeness (QED) is 0.308. The monoisotopic (exact) mass is 443 g/mol. The molecule has 0 aliphatic carbocycles. The minimum absolute atomic E-state index is 0.172. The van der Waals surface area contributed by atoms with Gasteiger partial charge in [-0.2, -0.15) is 5.10 Å². The number of aromatic nitrogens is 1. The van der Waals surface area contributed by atoms with Crippen molar-refractivity contribution in [2.45, 2.75) is 19.9 Å². The number of nitrogen functional groups attached to an aromatic ring is 1. The molecule has 7 heteroatoms. The lowest BCUT2D eigenvalue weighted by atomic mass is 10.1. The zero-order valence-corrected chi connectivity index (χ0v) is 18.7. The molecule has 0 spiro atoms. The maximum atomic E-state index is 12.2. The van der Waals surface area contributed by atoms with Crippen LogP contribution in [0.1, 0.15) is 23.6 Å². The average molecular weight is 444 g/mol. The van der Waals surface area contributed by atoms with E-state index in [4.69, 9.17) is 5.73 Å². The molecule has 3 aromatic carbocycles. The number of amides is 1. The van der Waals surface area contributed by atoms with Crippen LogP contribution < -0.4 is 16.1 Å². The van der Waals surface area contributed by atoms with E-state index in [1.165, 1.54) is 16.9 Å². The minimum atomic E-state index is -0.172. The van der Waals surface area contributed by atoms with Crippen LogP contribution in [0.2, 0.25) is 0 Å². The highest BCUT2D eigenvalue weighted by Crippen LogP contribution is 2.24. The summed E-state index contributed by atoms with van der Waals surface area (Å²) in [6.45, 7) is 3.93. The van der Waals surface area contributed by atoms with Crippen LogP contribution in [0.5, 0.6) is 0 Å². The van der Waals surface area contributed by atoms with Crippen molar-refractivity contribution >= 4 is 44.5 Å². The summed E-state index contributed by atoms with van der Waals surface area (Å²) >= 11 is 1.42. The van der Waals surface area contributed by atoms with Gasteiger partial charge in [-0.3, -0.25) is 4.79 Å². The highest BCUT2D eigenvalue weighted by atomic mass is 32.1. The van der Waals surface area contributed by atoms with E-state index < -0.39 is 0 Å². The Morgan fingerprint density at radius 3 is 2.62 bits per heavy atom. The highest BCUT2D eigenvalue weighted by molar-refractivity contribution is 7.22. The van der Waals surface area contributed by atoms with Crippen molar-refractivity contribution in [3.63, 3.8) is 0 Å². The molecule has 0 saturated heterocycles. The molecule has 4 aromatic rings. The maximum absolute atomic E-state index is 12.2. The molecule has 4 rings (SSSR count). The number of nitrogens with two attached hydrogens (primary N) is 1. The van der Waals surface area contributed by atoms with Crippen LogP contribution >= 0.6 is 11.3 Å². The number of rotatable bonds is 8. The zero-order chi connectivity index (χ0) is 22.3. The van der Waals surface area contributed by atoms with Crippen molar-refractivity contribution in [2.24, 2.45) is 5.10 Å². The molecule has 1 aromatic heterocycles. The fourth-order valence-electron chi connectivity index (χ4n) is 3.46. The second-order valence-corrected chi connectivity index (χ2v) is 8.48. The largest absolute Gasteiger partial charge is 0.375 e. The van der Waals surface area contributed by atoms with Crippen molar-refractivity contribution in [1.82, 2.24) is 10.4 Å². The molecular formula is C25H25N5OS. The first kappa shape index (κ1) is 21.5. The first-order valence-corrected chi connectivity index (χ1v) is 11.3. The van der Waals surface area contributed by atoms with E-state index in [-0.39, 0.29) is 12.3 Å². The van der Waals surface area contributed by atoms with Gasteiger partial charge in [0.2, 0.25) is 5.91 Å². The van der Waals surface area contributed by atoms with E-state index in [0.29, 0.717) is 5.13 Å². The van der Waals surface area contributed by atoms with Gasteiger partial charge in [-0.05, 0) is 47.9 Å². The Hall–Kier alpha value is -3.71. The van der Waals surface area contributed by atoms with Crippen LogP contribution in [-0.4, -0.2) is 23.7 Å². The number of hydrogen-bond donors (Lipinski definition) is 2. The van der Waals surface area contributed by atoms with Gasteiger partial charge in [0, 0.05) is 18.8 Å². The number of carbonyl (C=O) groups excluding carboxylic acids is 1. The number of carbonyl (C=O) groups is 1. The molecule has 162 valence electrons. The van der Waals surface area contributed by atoms with E-state index in [2.05, 4.69) is 63.7 Å². The van der Waals surface area contributed by atoms with Crippen molar-refractivity contribution in [3.05, 3.63) is 89.5 Å². The van der Waals surface area contributed by atoms with Crippen molar-refractivity contribution in [1.29, 1.82) is 0 Å². The standard InChI is InChI=1S/C25H25N5OS/c1-2-30(17-19-6-4-3-5-7-19)21-11-8-18(9-12-21)16-27-29-24(31)15-20-10-13-22-23(14-20)32-25(26)28-22/h3-14,16H,2,15,17H2,1H3,(H2,26,28)(H,29,31)/b27-16-. The number of hydrogen-bond acceptors (Lipinski definition) is 6. The average Bonchev–Trinajstić information content (AvgIpc) is 3.18. The summed E-state index contributed by atoms with van der Waals surface area (Å²) in [5.74, 6) is -0.172. The third kappa shape index (κ3) is 5.50. The van der Waals surface area contributed by atoms with Gasteiger partial charge < -0.3 is 10.6 Å². The number of anilines is 2. The minimum Gasteiger partial charge on any atom is -0.375 e. The molecule has 0 radical (unpaired) electrons. The highest BCUT2D eigenvalue weighted by Gasteiger charge is 2.07. The van der Waals surface area contributed by atoms with Gasteiger partial charge in [0.15, 0.2) is 5.13 Å². The third-order valence-electron chi connectivity index (χ3n) is 5.09. The van der Waals surface area contributed by atoms with Gasteiger partial charge >= 0.3 is 0 Å². The number of nitrogens with zero attached hydrogens (tertiary/aromatic N) is 3. The maximum Gasteiger partial charge on any atom is 0.244 e. The predicted octanol–water partition coefficient (Wildman–Crippen LogP) is 4.60. The summed E-state index contributed by atoms with van der Waals surface area (Å²) in [5.41, 5.74) is 13.4. The number of thiazole rings is 1. The van der Waals surface area contributed by atoms with Crippen LogP contribution in [-0.2, 0) is 17.8 Å². The number of hydrazone groups is 1. The molecule has 3 N–H and O–H groups in total. The lowest BCUT2D eigenvalue weighted by molar-refractivity contribution is -0.120. The van der Waals surface area contributed by atoms with E-state index in [1.807, 2.05) is 36.4 Å². The van der Waals surface area contributed by atoms with Crippen LogP contribution in [0, 0.1) is 0 Å². The van der Waals surface area contributed by atoms with Crippen LogP contribution in [0.3, 0.4) is 0 Å². The van der Waals surface area contributed by atoms with Gasteiger partial charge in [-0.25, -0.2) is 10.4 Å². The second kappa shape index (κ2) is 10.1. The van der Waals surface area contributed by atoms with E-state index in [9.17, 15) is 4.79 Å². The van der Waals surface area contributed by atoms with Gasteiger partial charge in [-0.15, -0.1) is 0 Å². The van der Waals surface area contributed by atoms with Crippen molar-refractivity contribution < 1.29 is 4.79 Å². The molecule has 0 atom stereocenters. The Morgan fingerprint density at radius 1 is 1.09 bits per heavy atom. The smallest absolute Gasteiger partial charge is 0.244 e. The summed E-state index contributed by atoms with van der Waals surface area (Å²) < 4.78 is 0.977. The third-order valence-corrected chi connectivity index (χ3v) is 5.94. The van der Waals surface area contributed by atoms with E-state index in [0.717, 1.165) is 40.1 Å². The molecular weight excluding hydrogens is 418 g/mol. The summed E-state index contributed by atoms with van der Waals surface area (Å²) in [4.78, 5) is 18.8. The Morgan fingerprint density at radius 2 is 1.88 bits per heavy atom. The predicted molar refractivity (Wildman–Crippen MR) is 133 cm³/mol. The fourth-order valence-corrected chi connectivity index (χ4v) is 4.26. The SMILES string of the molecule is CCN(Cc1ccccc1)c1ccc(/C=N\NC(=O)Cc2ccc3nc(N)sc3c2)cc1. The van der Waals surface area contributed by atoms with Gasteiger partial charge in [-0.1, -0.05) is 59.9 Å². The van der Waals surface area contributed by atoms with Gasteiger partial charge in [0.05, 0.1) is 22.9 Å². The lowest BCUT2D eigenvalue weighted by Gasteiger charge is -2.23. The summed E-state index contributed by atoms with van der Waals surface area (Å²) in [6, 6.07) is 24.3. The molecule has 0 fully saturated rings. The molecule has 0 aliphatic rings. The second-order valence-electron chi connectivity index (χ2n) is 7.42. The molecule has 6 nitrogen and oxygen atoms in total. The van der Waals surface area contributed by atoms with Gasteiger partial charge in [0.25, 0.3) is 0 Å². The molecule has 0 saturated carbocycles. The van der Waals surface area contributed by atoms with Crippen molar-refractivity contribution in [2.75, 3.05) is 17.2 Å². The summed E-state index contributed by atoms with van der Waals surface area (Å²) in [7, 11) is 0. The molecule has 0 bridgehead atoms. The first-order chi connectivity index (χ1) is 15.6. The topological polar surface area (TPSA) is 83.6 Å². The number of fused-ring (bicyclic) bond motifs is 1. The number of benzene rings is 3. The molecule has 32 heavy (non-hydrogen) atoms. The van der Waals surface area contributed by atoms with E-state index in [1.54, 1.807) is 6.21 Å². The lowest BCUT2D eigenvalue weighted by Crippen LogP contribution is -2.21. The summed E-state index contributed by atoms with van der Waals surface area (Å²) in [5, 5.41) is 4.63. The number of nitrogens with one attached hydrogen (secondary N) is 1. The molecule has 0 unspecified atom stereocenters. The Labute approximate surface area is 191 Å². The first-order valence-electron chi connectivity index (χ1n) is 10.5. The normalized spacial score (nSPS) is 11.2. The van der Waals surface area contributed by atoms with Crippen LogP contribution in [0.4, 0.5) is 10.8 Å². The summed E-state index contributed by atoms with van der Waals surface area (Å²) in [6.07, 6.45) is 1.90. The van der Waals surface area contributed by atoms with E-state index >= 15 is 0 Å². The Kier molecular flexibility index (Phi) is 6.77. The molecule has 1 heterocycles. The molecule has 1 amide bonds. The fraction of sp³-hybridized carbons (Fsp3) is 0.160. The van der Waals surface area contributed by atoms with Crippen molar-refractivity contribution in [3.8, 4) is 0 Å². The zero-order valence-electron chi connectivity index (χ0n) is 17.9. The Bertz CT molecular complexity index is 1220. The Balaban J connectivity index is 1.32. The van der Waals surface area contributed by atoms with Crippen LogP contribution in [0.15, 0.2) is 77.9 Å².